The summed E-state index contributed by atoms with van der Waals surface area (Å²) in [6, 6.07) is 21.4. The van der Waals surface area contributed by atoms with Gasteiger partial charge in [0.2, 0.25) is 10.0 Å². The third kappa shape index (κ3) is 6.71. The zero-order chi connectivity index (χ0) is 29.9. The molecule has 0 fully saturated rings. The number of nitrogens with zero attached hydrogens (tertiary/aromatic N) is 3. The Balaban J connectivity index is 1.38. The molecule has 0 unspecified atom stereocenters. The van der Waals surface area contributed by atoms with Crippen molar-refractivity contribution < 1.29 is 13.2 Å². The van der Waals surface area contributed by atoms with Crippen LogP contribution >= 0.6 is 23.2 Å². The molecule has 0 saturated heterocycles. The summed E-state index contributed by atoms with van der Waals surface area (Å²) >= 11 is 12.5. The fraction of sp³-hybridized carbons (Fsp3) is 0.226. The van der Waals surface area contributed by atoms with Crippen molar-refractivity contribution in [1.29, 1.82) is 0 Å². The number of hydrogen-bond acceptors (Lipinski definition) is 7. The molecule has 0 aliphatic carbocycles. The SMILES string of the molecule is COc1ccc(S(=O)(=O)N(CCNc2cc(C)nc3ccc(Cl)cc23)CCNc2cc(C)nc3ccc(Cl)cc23)cc1. The summed E-state index contributed by atoms with van der Waals surface area (Å²) in [5, 5.41) is 9.76. The number of anilines is 2. The van der Waals surface area contributed by atoms with Crippen LogP contribution < -0.4 is 15.4 Å². The summed E-state index contributed by atoms with van der Waals surface area (Å²) < 4.78 is 34.3. The number of sulfonamides is 1. The van der Waals surface area contributed by atoms with Crippen LogP contribution in [0.4, 0.5) is 11.4 Å². The predicted molar refractivity (Wildman–Crippen MR) is 172 cm³/mol. The van der Waals surface area contributed by atoms with Crippen molar-refractivity contribution in [1.82, 2.24) is 14.3 Å². The second-order valence-corrected chi connectivity index (χ2v) is 12.7. The Bertz CT molecular complexity index is 1750. The third-order valence-corrected chi connectivity index (χ3v) is 9.23. The van der Waals surface area contributed by atoms with Crippen LogP contribution in [0.2, 0.25) is 10.0 Å². The van der Waals surface area contributed by atoms with Crippen LogP contribution in [0, 0.1) is 13.8 Å². The molecule has 11 heteroatoms. The van der Waals surface area contributed by atoms with E-state index in [-0.39, 0.29) is 18.0 Å². The van der Waals surface area contributed by atoms with Crippen LogP contribution in [-0.2, 0) is 10.0 Å². The van der Waals surface area contributed by atoms with E-state index in [2.05, 4.69) is 20.6 Å². The van der Waals surface area contributed by atoms with Crippen LogP contribution in [0.5, 0.6) is 5.75 Å². The number of methoxy groups -OCH3 is 1. The summed E-state index contributed by atoms with van der Waals surface area (Å²) in [5.41, 5.74) is 5.01. The van der Waals surface area contributed by atoms with Gasteiger partial charge >= 0.3 is 0 Å². The molecule has 0 saturated carbocycles. The van der Waals surface area contributed by atoms with Gasteiger partial charge in [0, 0.05) is 69.8 Å². The van der Waals surface area contributed by atoms with Gasteiger partial charge in [-0.05, 0) is 86.6 Å². The first kappa shape index (κ1) is 29.8. The van der Waals surface area contributed by atoms with Gasteiger partial charge in [0.1, 0.15) is 5.75 Å². The van der Waals surface area contributed by atoms with E-state index in [0.29, 0.717) is 28.9 Å². The van der Waals surface area contributed by atoms with Gasteiger partial charge in [-0.1, -0.05) is 23.2 Å². The fourth-order valence-corrected chi connectivity index (χ4v) is 6.62. The molecular formula is C31H31Cl2N5O3S. The smallest absolute Gasteiger partial charge is 0.243 e. The second-order valence-electron chi connectivity index (χ2n) is 9.88. The monoisotopic (exact) mass is 623 g/mol. The Hall–Kier alpha value is -3.63. The lowest BCUT2D eigenvalue weighted by Gasteiger charge is -2.24. The molecule has 42 heavy (non-hydrogen) atoms. The summed E-state index contributed by atoms with van der Waals surface area (Å²) in [7, 11) is -2.27. The molecule has 5 rings (SSSR count). The van der Waals surface area contributed by atoms with Crippen molar-refractivity contribution in [2.24, 2.45) is 0 Å². The maximum absolute atomic E-state index is 13.8. The van der Waals surface area contributed by atoms with Gasteiger partial charge < -0.3 is 15.4 Å². The largest absolute Gasteiger partial charge is 0.497 e. The minimum absolute atomic E-state index is 0.192. The van der Waals surface area contributed by atoms with Crippen LogP contribution in [-0.4, -0.2) is 56.0 Å². The van der Waals surface area contributed by atoms with Crippen LogP contribution in [0.25, 0.3) is 21.8 Å². The number of hydrogen-bond donors (Lipinski definition) is 2. The standard InChI is InChI=1S/C31H31Cl2N5O3S/c1-20-16-30(26-18-22(32)4-10-28(26)36-20)34-12-14-38(42(39,40)25-8-6-24(41-3)7-9-25)15-13-35-31-17-21(2)37-29-11-5-23(33)19-27(29)31/h4-11,16-19H,12-15H2,1-3H3,(H,34,36)(H,35,37). The molecule has 2 aromatic heterocycles. The Morgan fingerprint density at radius 3 is 1.67 bits per heavy atom. The van der Waals surface area contributed by atoms with Gasteiger partial charge in [-0.2, -0.15) is 4.31 Å². The Kier molecular flexibility index (Phi) is 9.03. The van der Waals surface area contributed by atoms with E-state index < -0.39 is 10.0 Å². The molecule has 2 heterocycles. The molecule has 218 valence electrons. The van der Waals surface area contributed by atoms with Gasteiger partial charge in [-0.15, -0.1) is 0 Å². The predicted octanol–water partition coefficient (Wildman–Crippen LogP) is 6.93. The van der Waals surface area contributed by atoms with Crippen molar-refractivity contribution in [3.8, 4) is 5.75 Å². The average Bonchev–Trinajstić information content (AvgIpc) is 2.96. The Labute approximate surface area is 255 Å². The van der Waals surface area contributed by atoms with E-state index in [1.165, 1.54) is 4.31 Å². The van der Waals surface area contributed by atoms with Crippen molar-refractivity contribution in [3.63, 3.8) is 0 Å². The van der Waals surface area contributed by atoms with Crippen molar-refractivity contribution in [3.05, 3.63) is 94.2 Å². The van der Waals surface area contributed by atoms with E-state index in [1.807, 2.05) is 50.2 Å². The summed E-state index contributed by atoms with van der Waals surface area (Å²) in [5.74, 6) is 0.584. The Morgan fingerprint density at radius 2 is 1.21 bits per heavy atom. The molecule has 0 atom stereocenters. The molecule has 8 nitrogen and oxygen atoms in total. The first-order valence-electron chi connectivity index (χ1n) is 13.4. The van der Waals surface area contributed by atoms with E-state index in [9.17, 15) is 8.42 Å². The van der Waals surface area contributed by atoms with E-state index >= 15 is 0 Å². The summed E-state index contributed by atoms with van der Waals surface area (Å²) in [6.45, 7) is 5.02. The molecule has 3 aromatic carbocycles. The van der Waals surface area contributed by atoms with Gasteiger partial charge in [-0.25, -0.2) is 8.42 Å². The van der Waals surface area contributed by atoms with E-state index in [0.717, 1.165) is 44.6 Å². The highest BCUT2D eigenvalue weighted by molar-refractivity contribution is 7.89. The maximum Gasteiger partial charge on any atom is 0.243 e. The second kappa shape index (κ2) is 12.7. The van der Waals surface area contributed by atoms with E-state index in [4.69, 9.17) is 27.9 Å². The number of aromatic nitrogens is 2. The number of halogens is 2. The highest BCUT2D eigenvalue weighted by Crippen LogP contribution is 2.28. The molecule has 5 aromatic rings. The van der Waals surface area contributed by atoms with Gasteiger partial charge in [0.05, 0.1) is 23.0 Å². The van der Waals surface area contributed by atoms with Gasteiger partial charge in [0.15, 0.2) is 0 Å². The van der Waals surface area contributed by atoms with Crippen LogP contribution in [0.3, 0.4) is 0 Å². The molecule has 0 bridgehead atoms. The number of nitrogens with one attached hydrogen (secondary N) is 2. The zero-order valence-corrected chi connectivity index (χ0v) is 25.8. The molecule has 0 aliphatic rings. The normalized spacial score (nSPS) is 11.8. The maximum atomic E-state index is 13.8. The van der Waals surface area contributed by atoms with Crippen LogP contribution in [0.15, 0.2) is 77.7 Å². The number of aryl methyl sites for hydroxylation is 2. The molecule has 0 radical (unpaired) electrons. The average molecular weight is 625 g/mol. The number of rotatable bonds is 11. The molecule has 0 spiro atoms. The first-order chi connectivity index (χ1) is 20.1. The Morgan fingerprint density at radius 1 is 0.738 bits per heavy atom. The van der Waals surface area contributed by atoms with Gasteiger partial charge in [-0.3, -0.25) is 9.97 Å². The summed E-state index contributed by atoms with van der Waals surface area (Å²) in [4.78, 5) is 9.35. The fourth-order valence-electron chi connectivity index (χ4n) is 4.83. The number of pyridine rings is 2. The van der Waals surface area contributed by atoms with E-state index in [1.54, 1.807) is 43.5 Å². The number of benzene rings is 3. The molecule has 2 N–H and O–H groups in total. The zero-order valence-electron chi connectivity index (χ0n) is 23.5. The van der Waals surface area contributed by atoms with Crippen molar-refractivity contribution in [2.75, 3.05) is 43.9 Å². The quantitative estimate of drug-likeness (QED) is 0.165. The molecule has 0 aliphatic heterocycles. The molecule has 0 amide bonds. The first-order valence-corrected chi connectivity index (χ1v) is 15.6. The lowest BCUT2D eigenvalue weighted by molar-refractivity contribution is 0.414. The van der Waals surface area contributed by atoms with Crippen LogP contribution in [0.1, 0.15) is 11.4 Å². The highest BCUT2D eigenvalue weighted by atomic mass is 35.5. The topological polar surface area (TPSA) is 96.5 Å². The minimum Gasteiger partial charge on any atom is -0.497 e. The number of ether oxygens (including phenoxy) is 1. The third-order valence-electron chi connectivity index (χ3n) is 6.85. The lowest BCUT2D eigenvalue weighted by Crippen LogP contribution is -2.38. The van der Waals surface area contributed by atoms with Crippen molar-refractivity contribution >= 4 is 66.4 Å². The highest BCUT2D eigenvalue weighted by Gasteiger charge is 2.24. The number of fused-ring (bicyclic) bond motifs is 2. The lowest BCUT2D eigenvalue weighted by atomic mass is 10.1. The van der Waals surface area contributed by atoms with Gasteiger partial charge in [0.25, 0.3) is 0 Å². The molecular weight excluding hydrogens is 593 g/mol. The minimum atomic E-state index is -3.82. The van der Waals surface area contributed by atoms with Crippen molar-refractivity contribution in [2.45, 2.75) is 18.7 Å². The summed E-state index contributed by atoms with van der Waals surface area (Å²) in [6.07, 6.45) is 0.